The molecule has 0 saturated heterocycles. The summed E-state index contributed by atoms with van der Waals surface area (Å²) in [7, 11) is 1.58. The molecule has 1 atom stereocenters. The number of thiazole rings is 1. The third-order valence-electron chi connectivity index (χ3n) is 6.35. The van der Waals surface area contributed by atoms with E-state index in [0.29, 0.717) is 44.8 Å². The molecule has 1 unspecified atom stereocenters. The van der Waals surface area contributed by atoms with Gasteiger partial charge in [-0.2, -0.15) is 0 Å². The number of hydrogen-bond donors (Lipinski definition) is 0. The van der Waals surface area contributed by atoms with Gasteiger partial charge in [0.1, 0.15) is 5.75 Å². The Labute approximate surface area is 204 Å². The van der Waals surface area contributed by atoms with Crippen molar-refractivity contribution in [3.8, 4) is 5.75 Å². The van der Waals surface area contributed by atoms with Crippen molar-refractivity contribution in [2.75, 3.05) is 7.11 Å². The Balaban J connectivity index is 1.76. The van der Waals surface area contributed by atoms with E-state index in [4.69, 9.17) is 9.73 Å². The quantitative estimate of drug-likeness (QED) is 0.412. The van der Waals surface area contributed by atoms with Crippen molar-refractivity contribution in [1.82, 2.24) is 4.57 Å². The maximum absolute atomic E-state index is 13.7. The standard InChI is InChI=1S/C26H23N3O5S/c1-26(2)13-18-22(20(30)14-26)23(15-8-10-17(34-3)11-9-15)28-24(31)21(35-25(28)27-18)12-16-6-4-5-7-19(16)29(32)33/h4-12,23H,13-14H2,1-3H3. The highest BCUT2D eigenvalue weighted by molar-refractivity contribution is 7.07. The van der Waals surface area contributed by atoms with E-state index < -0.39 is 11.0 Å². The summed E-state index contributed by atoms with van der Waals surface area (Å²) in [5.74, 6) is 0.650. The molecule has 1 aliphatic carbocycles. The van der Waals surface area contributed by atoms with Crippen molar-refractivity contribution >= 4 is 28.9 Å². The normalized spacial score (nSPS) is 19.1. The first kappa shape index (κ1) is 22.9. The predicted molar refractivity (Wildman–Crippen MR) is 132 cm³/mol. The summed E-state index contributed by atoms with van der Waals surface area (Å²) in [6, 6.07) is 13.0. The summed E-state index contributed by atoms with van der Waals surface area (Å²) in [4.78, 5) is 43.3. The van der Waals surface area contributed by atoms with E-state index in [2.05, 4.69) is 0 Å². The van der Waals surface area contributed by atoms with Crippen molar-refractivity contribution in [1.29, 1.82) is 0 Å². The Morgan fingerprint density at radius 2 is 1.86 bits per heavy atom. The Morgan fingerprint density at radius 3 is 2.54 bits per heavy atom. The Bertz CT molecular complexity index is 1580. The number of allylic oxidation sites excluding steroid dienone is 2. The summed E-state index contributed by atoms with van der Waals surface area (Å²) in [6.45, 7) is 4.08. The maximum Gasteiger partial charge on any atom is 0.276 e. The molecular weight excluding hydrogens is 466 g/mol. The lowest BCUT2D eigenvalue weighted by atomic mass is 9.73. The Morgan fingerprint density at radius 1 is 1.14 bits per heavy atom. The van der Waals surface area contributed by atoms with Gasteiger partial charge in [0.15, 0.2) is 10.6 Å². The van der Waals surface area contributed by atoms with Gasteiger partial charge in [0.25, 0.3) is 11.2 Å². The van der Waals surface area contributed by atoms with Gasteiger partial charge < -0.3 is 4.74 Å². The number of fused-ring (bicyclic) bond motifs is 1. The number of rotatable bonds is 4. The molecule has 0 amide bonds. The van der Waals surface area contributed by atoms with Gasteiger partial charge in [-0.25, -0.2) is 4.99 Å². The second-order valence-electron chi connectivity index (χ2n) is 9.47. The molecule has 1 aliphatic heterocycles. The summed E-state index contributed by atoms with van der Waals surface area (Å²) in [6.07, 6.45) is 2.52. The Kier molecular flexibility index (Phi) is 5.52. The van der Waals surface area contributed by atoms with Crippen LogP contribution in [-0.2, 0) is 4.79 Å². The van der Waals surface area contributed by atoms with Gasteiger partial charge in [-0.05, 0) is 41.7 Å². The number of ether oxygens (including phenoxy) is 1. The zero-order valence-corrected chi connectivity index (χ0v) is 20.3. The van der Waals surface area contributed by atoms with E-state index in [0.717, 1.165) is 5.56 Å². The monoisotopic (exact) mass is 489 g/mol. The van der Waals surface area contributed by atoms with Gasteiger partial charge in [-0.1, -0.05) is 49.4 Å². The molecular formula is C26H23N3O5S. The number of nitro benzene ring substituents is 1. The van der Waals surface area contributed by atoms with Crippen LogP contribution in [0.25, 0.3) is 6.08 Å². The number of carbonyl (C=O) groups is 1. The highest BCUT2D eigenvalue weighted by atomic mass is 32.1. The minimum absolute atomic E-state index is 0.0196. The summed E-state index contributed by atoms with van der Waals surface area (Å²) in [5.41, 5.74) is 1.70. The number of Topliss-reactive ketones (excluding diaryl/α,β-unsaturated/α-hetero) is 1. The minimum Gasteiger partial charge on any atom is -0.497 e. The molecule has 3 aromatic rings. The van der Waals surface area contributed by atoms with Crippen LogP contribution in [0, 0.1) is 15.5 Å². The molecule has 0 bridgehead atoms. The van der Waals surface area contributed by atoms with Crippen LogP contribution in [0.2, 0.25) is 0 Å². The first-order chi connectivity index (χ1) is 16.7. The van der Waals surface area contributed by atoms with Gasteiger partial charge in [0.05, 0.1) is 33.9 Å². The van der Waals surface area contributed by atoms with Crippen LogP contribution in [0.3, 0.4) is 0 Å². The van der Waals surface area contributed by atoms with Gasteiger partial charge in [0, 0.05) is 18.1 Å². The number of hydrogen-bond acceptors (Lipinski definition) is 7. The van der Waals surface area contributed by atoms with Crippen LogP contribution in [0.1, 0.15) is 43.9 Å². The molecule has 0 spiro atoms. The molecule has 35 heavy (non-hydrogen) atoms. The molecule has 2 aromatic carbocycles. The van der Waals surface area contributed by atoms with E-state index in [9.17, 15) is 19.7 Å². The van der Waals surface area contributed by atoms with Crippen molar-refractivity contribution in [2.45, 2.75) is 32.7 Å². The topological polar surface area (TPSA) is 104 Å². The molecule has 9 heteroatoms. The lowest BCUT2D eigenvalue weighted by Crippen LogP contribution is -2.42. The van der Waals surface area contributed by atoms with Crippen LogP contribution in [0.4, 0.5) is 5.69 Å². The van der Waals surface area contributed by atoms with Crippen LogP contribution < -0.4 is 19.6 Å². The lowest BCUT2D eigenvalue weighted by molar-refractivity contribution is -0.385. The molecule has 2 heterocycles. The van der Waals surface area contributed by atoms with Crippen LogP contribution in [0.15, 0.2) is 69.6 Å². The minimum atomic E-state index is -0.622. The van der Waals surface area contributed by atoms with E-state index in [-0.39, 0.29) is 22.4 Å². The van der Waals surface area contributed by atoms with Crippen molar-refractivity contribution in [2.24, 2.45) is 10.4 Å². The fourth-order valence-electron chi connectivity index (χ4n) is 4.77. The summed E-state index contributed by atoms with van der Waals surface area (Å²) in [5, 5.41) is 11.5. The lowest BCUT2D eigenvalue weighted by Gasteiger charge is -2.35. The number of benzene rings is 2. The van der Waals surface area contributed by atoms with E-state index in [1.54, 1.807) is 42.0 Å². The number of nitrogens with zero attached hydrogens (tertiary/aromatic N) is 3. The van der Waals surface area contributed by atoms with Crippen molar-refractivity contribution in [3.63, 3.8) is 0 Å². The summed E-state index contributed by atoms with van der Waals surface area (Å²) >= 11 is 1.18. The zero-order chi connectivity index (χ0) is 24.9. The van der Waals surface area contributed by atoms with E-state index in [1.807, 2.05) is 26.0 Å². The largest absolute Gasteiger partial charge is 0.497 e. The fourth-order valence-corrected chi connectivity index (χ4v) is 5.78. The zero-order valence-electron chi connectivity index (χ0n) is 19.5. The number of nitro groups is 1. The second kappa shape index (κ2) is 8.42. The molecule has 178 valence electrons. The highest BCUT2D eigenvalue weighted by Gasteiger charge is 2.40. The van der Waals surface area contributed by atoms with Gasteiger partial charge in [-0.3, -0.25) is 24.3 Å². The number of para-hydroxylation sites is 1. The molecule has 0 fully saturated rings. The maximum atomic E-state index is 13.7. The third kappa shape index (κ3) is 4.01. The summed E-state index contributed by atoms with van der Waals surface area (Å²) < 4.78 is 7.15. The average Bonchev–Trinajstić information content (AvgIpc) is 3.11. The van der Waals surface area contributed by atoms with Gasteiger partial charge >= 0.3 is 0 Å². The van der Waals surface area contributed by atoms with Crippen LogP contribution in [-0.4, -0.2) is 22.4 Å². The Hall–Kier alpha value is -3.85. The molecule has 0 radical (unpaired) electrons. The average molecular weight is 490 g/mol. The fraction of sp³-hybridized carbons (Fsp3) is 0.269. The molecule has 5 rings (SSSR count). The SMILES string of the molecule is COc1ccc(C2C3=C(CC(C)(C)CC3=O)N=c3sc(=Cc4ccccc4[N+](=O)[O-])c(=O)n32)cc1. The number of ketones is 1. The smallest absolute Gasteiger partial charge is 0.276 e. The highest BCUT2D eigenvalue weighted by Crippen LogP contribution is 2.43. The number of aromatic nitrogens is 1. The molecule has 8 nitrogen and oxygen atoms in total. The molecule has 0 N–H and O–H groups in total. The first-order valence-electron chi connectivity index (χ1n) is 11.1. The second-order valence-corrected chi connectivity index (χ2v) is 10.5. The van der Waals surface area contributed by atoms with Gasteiger partial charge in [0.2, 0.25) is 0 Å². The number of methoxy groups -OCH3 is 1. The van der Waals surface area contributed by atoms with Gasteiger partial charge in [-0.15, -0.1) is 0 Å². The molecule has 2 aliphatic rings. The molecule has 1 aromatic heterocycles. The van der Waals surface area contributed by atoms with E-state index in [1.165, 1.54) is 23.5 Å². The van der Waals surface area contributed by atoms with Crippen LogP contribution in [0.5, 0.6) is 5.75 Å². The predicted octanol–water partition coefficient (Wildman–Crippen LogP) is 3.52. The van der Waals surface area contributed by atoms with Crippen LogP contribution >= 0.6 is 11.3 Å². The van der Waals surface area contributed by atoms with Crippen molar-refractivity contribution < 1.29 is 14.5 Å². The van der Waals surface area contributed by atoms with Crippen molar-refractivity contribution in [3.05, 3.63) is 101 Å². The number of carbonyl (C=O) groups excluding carboxylic acids is 1. The first-order valence-corrected chi connectivity index (χ1v) is 12.0. The third-order valence-corrected chi connectivity index (χ3v) is 7.33. The molecule has 0 saturated carbocycles. The van der Waals surface area contributed by atoms with E-state index >= 15 is 0 Å².